The number of carbonyl (C=O) groups excluding carboxylic acids is 1. The van der Waals surface area contributed by atoms with Crippen LogP contribution in [0.2, 0.25) is 0 Å². The Morgan fingerprint density at radius 1 is 1.45 bits per heavy atom. The van der Waals surface area contributed by atoms with Gasteiger partial charge in [-0.2, -0.15) is 0 Å². The van der Waals surface area contributed by atoms with E-state index >= 15 is 0 Å². The van der Waals surface area contributed by atoms with Gasteiger partial charge in [0, 0.05) is 6.20 Å². The van der Waals surface area contributed by atoms with Crippen molar-refractivity contribution in [1.82, 2.24) is 4.98 Å². The van der Waals surface area contributed by atoms with Crippen LogP contribution in [-0.2, 0) is 4.79 Å². The zero-order chi connectivity index (χ0) is 8.10. The maximum atomic E-state index is 9.93. The van der Waals surface area contributed by atoms with Crippen LogP contribution >= 0.6 is 0 Å². The summed E-state index contributed by atoms with van der Waals surface area (Å²) in [6.45, 7) is 1.97. The van der Waals surface area contributed by atoms with Gasteiger partial charge in [0.1, 0.15) is 6.29 Å². The van der Waals surface area contributed by atoms with Crippen LogP contribution in [0.15, 0.2) is 24.4 Å². The van der Waals surface area contributed by atoms with Gasteiger partial charge in [0.15, 0.2) is 0 Å². The molecule has 0 N–H and O–H groups in total. The van der Waals surface area contributed by atoms with Crippen molar-refractivity contribution in [3.63, 3.8) is 0 Å². The lowest BCUT2D eigenvalue weighted by Gasteiger charge is -1.91. The molecule has 0 fully saturated rings. The predicted molar refractivity (Wildman–Crippen MR) is 44.1 cm³/mol. The van der Waals surface area contributed by atoms with E-state index in [1.54, 1.807) is 12.3 Å². The molecule has 2 heteroatoms. The number of aromatic nitrogens is 1. The molecule has 0 spiro atoms. The third kappa shape index (κ3) is 2.34. The van der Waals surface area contributed by atoms with Gasteiger partial charge >= 0.3 is 0 Å². The molecule has 2 nitrogen and oxygen atoms in total. The first kappa shape index (κ1) is 7.66. The van der Waals surface area contributed by atoms with Gasteiger partial charge in [-0.05, 0) is 30.7 Å². The summed E-state index contributed by atoms with van der Waals surface area (Å²) in [6, 6.07) is 3.83. The maximum absolute atomic E-state index is 9.93. The van der Waals surface area contributed by atoms with Gasteiger partial charge < -0.3 is 0 Å². The highest BCUT2D eigenvalue weighted by molar-refractivity contribution is 5.72. The molecule has 1 heterocycles. The fourth-order valence-electron chi connectivity index (χ4n) is 0.716. The SMILES string of the molecule is Cc1ccc(/C=C/C=O)nc1. The number of nitrogens with zero attached hydrogens (tertiary/aromatic N) is 1. The van der Waals surface area contributed by atoms with E-state index < -0.39 is 0 Å². The minimum atomic E-state index is 0.738. The summed E-state index contributed by atoms with van der Waals surface area (Å²) in [6.07, 6.45) is 5.61. The summed E-state index contributed by atoms with van der Waals surface area (Å²) < 4.78 is 0. The lowest BCUT2D eigenvalue weighted by molar-refractivity contribution is -0.104. The summed E-state index contributed by atoms with van der Waals surface area (Å²) in [7, 11) is 0. The number of pyridine rings is 1. The third-order valence-corrected chi connectivity index (χ3v) is 1.28. The van der Waals surface area contributed by atoms with Crippen LogP contribution in [0, 0.1) is 6.92 Å². The van der Waals surface area contributed by atoms with Gasteiger partial charge in [-0.25, -0.2) is 0 Å². The molecule has 1 aromatic heterocycles. The molecule has 0 bridgehead atoms. The Balaban J connectivity index is 2.81. The van der Waals surface area contributed by atoms with Crippen molar-refractivity contribution < 1.29 is 4.79 Å². The highest BCUT2D eigenvalue weighted by Crippen LogP contribution is 1.99. The second-order valence-electron chi connectivity index (χ2n) is 2.26. The Morgan fingerprint density at radius 2 is 2.27 bits per heavy atom. The normalized spacial score (nSPS) is 10.3. The molecule has 0 aromatic carbocycles. The average Bonchev–Trinajstić information content (AvgIpc) is 2.04. The standard InChI is InChI=1S/C9H9NO/c1-8-4-5-9(10-7-8)3-2-6-11/h2-7H,1H3/b3-2+. The smallest absolute Gasteiger partial charge is 0.142 e. The fourth-order valence-corrected chi connectivity index (χ4v) is 0.716. The highest BCUT2D eigenvalue weighted by atomic mass is 16.1. The summed E-state index contributed by atoms with van der Waals surface area (Å²) in [4.78, 5) is 14.0. The summed E-state index contributed by atoms with van der Waals surface area (Å²) in [5, 5.41) is 0. The average molecular weight is 147 g/mol. The van der Waals surface area contributed by atoms with E-state index in [0.717, 1.165) is 17.5 Å². The Hall–Kier alpha value is -1.44. The zero-order valence-electron chi connectivity index (χ0n) is 6.32. The predicted octanol–water partition coefficient (Wildman–Crippen LogP) is 1.60. The molecule has 0 aliphatic rings. The lowest BCUT2D eigenvalue weighted by Crippen LogP contribution is -1.80. The monoisotopic (exact) mass is 147 g/mol. The van der Waals surface area contributed by atoms with Crippen LogP contribution < -0.4 is 0 Å². The minimum Gasteiger partial charge on any atom is -0.299 e. The number of aldehydes is 1. The van der Waals surface area contributed by atoms with Crippen LogP contribution in [0.1, 0.15) is 11.3 Å². The molecule has 0 atom stereocenters. The Morgan fingerprint density at radius 3 is 2.82 bits per heavy atom. The van der Waals surface area contributed by atoms with E-state index in [4.69, 9.17) is 0 Å². The summed E-state index contributed by atoms with van der Waals surface area (Å²) in [5.74, 6) is 0. The number of allylic oxidation sites excluding steroid dienone is 1. The van der Waals surface area contributed by atoms with Gasteiger partial charge in [-0.15, -0.1) is 0 Å². The Bertz CT molecular complexity index is 261. The Kier molecular flexibility index (Phi) is 2.55. The first-order valence-corrected chi connectivity index (χ1v) is 3.37. The van der Waals surface area contributed by atoms with Crippen molar-refractivity contribution >= 4 is 12.4 Å². The van der Waals surface area contributed by atoms with E-state index in [2.05, 4.69) is 4.98 Å². The molecule has 0 aliphatic carbocycles. The molecular weight excluding hydrogens is 138 g/mol. The van der Waals surface area contributed by atoms with Crippen molar-refractivity contribution in [2.75, 3.05) is 0 Å². The van der Waals surface area contributed by atoms with Crippen LogP contribution in [0.4, 0.5) is 0 Å². The van der Waals surface area contributed by atoms with Gasteiger partial charge in [-0.1, -0.05) is 6.07 Å². The summed E-state index contributed by atoms with van der Waals surface area (Å²) >= 11 is 0. The van der Waals surface area contributed by atoms with Gasteiger partial charge in [-0.3, -0.25) is 9.78 Å². The van der Waals surface area contributed by atoms with Crippen molar-refractivity contribution in [2.45, 2.75) is 6.92 Å². The van der Waals surface area contributed by atoms with Crippen LogP contribution in [0.5, 0.6) is 0 Å². The topological polar surface area (TPSA) is 30.0 Å². The number of hydrogen-bond acceptors (Lipinski definition) is 2. The van der Waals surface area contributed by atoms with E-state index in [1.807, 2.05) is 19.1 Å². The van der Waals surface area contributed by atoms with Crippen molar-refractivity contribution in [3.05, 3.63) is 35.7 Å². The molecule has 56 valence electrons. The molecule has 0 radical (unpaired) electrons. The quantitative estimate of drug-likeness (QED) is 0.469. The second-order valence-corrected chi connectivity index (χ2v) is 2.26. The largest absolute Gasteiger partial charge is 0.299 e. The van der Waals surface area contributed by atoms with Crippen molar-refractivity contribution in [2.24, 2.45) is 0 Å². The minimum absolute atomic E-state index is 0.738. The van der Waals surface area contributed by atoms with Crippen LogP contribution in [0.3, 0.4) is 0 Å². The molecule has 0 aliphatic heterocycles. The van der Waals surface area contributed by atoms with Crippen molar-refractivity contribution in [3.8, 4) is 0 Å². The molecule has 0 saturated carbocycles. The van der Waals surface area contributed by atoms with E-state index in [0.29, 0.717) is 0 Å². The Labute approximate surface area is 65.6 Å². The van der Waals surface area contributed by atoms with Gasteiger partial charge in [0.05, 0.1) is 5.69 Å². The van der Waals surface area contributed by atoms with Gasteiger partial charge in [0.2, 0.25) is 0 Å². The third-order valence-electron chi connectivity index (χ3n) is 1.28. The number of hydrogen-bond donors (Lipinski definition) is 0. The molecule has 0 amide bonds. The number of aryl methyl sites for hydroxylation is 1. The molecule has 11 heavy (non-hydrogen) atoms. The molecule has 0 unspecified atom stereocenters. The maximum Gasteiger partial charge on any atom is 0.142 e. The zero-order valence-corrected chi connectivity index (χ0v) is 6.32. The van der Waals surface area contributed by atoms with E-state index in [1.165, 1.54) is 6.08 Å². The first-order chi connectivity index (χ1) is 5.33. The van der Waals surface area contributed by atoms with Crippen LogP contribution in [0.25, 0.3) is 6.08 Å². The molecular formula is C9H9NO. The number of carbonyl (C=O) groups is 1. The highest BCUT2D eigenvalue weighted by Gasteiger charge is 1.85. The van der Waals surface area contributed by atoms with E-state index in [9.17, 15) is 4.79 Å². The fraction of sp³-hybridized carbons (Fsp3) is 0.111. The molecule has 0 saturated heterocycles. The van der Waals surface area contributed by atoms with Gasteiger partial charge in [0.25, 0.3) is 0 Å². The van der Waals surface area contributed by atoms with E-state index in [-0.39, 0.29) is 0 Å². The second kappa shape index (κ2) is 3.66. The molecule has 1 rings (SSSR count). The van der Waals surface area contributed by atoms with Crippen LogP contribution in [-0.4, -0.2) is 11.3 Å². The summed E-state index contributed by atoms with van der Waals surface area (Å²) in [5.41, 5.74) is 1.93. The van der Waals surface area contributed by atoms with Crippen molar-refractivity contribution in [1.29, 1.82) is 0 Å². The molecule has 1 aromatic rings. The lowest BCUT2D eigenvalue weighted by atomic mass is 10.2. The first-order valence-electron chi connectivity index (χ1n) is 3.37. The number of rotatable bonds is 2.